The summed E-state index contributed by atoms with van der Waals surface area (Å²) in [6, 6.07) is 2.06. The number of aryl methyl sites for hydroxylation is 1. The van der Waals surface area contributed by atoms with E-state index in [4.69, 9.17) is 9.15 Å². The molecule has 0 spiro atoms. The molecule has 3 heteroatoms. The molecule has 0 unspecified atom stereocenters. The first kappa shape index (κ1) is 20.8. The zero-order valence-electron chi connectivity index (χ0n) is 17.4. The summed E-state index contributed by atoms with van der Waals surface area (Å²) in [7, 11) is 0. The summed E-state index contributed by atoms with van der Waals surface area (Å²) in [5.74, 6) is 1.02. The molecule has 0 bridgehead atoms. The largest absolute Gasteiger partial charge is 0.472 e. The van der Waals surface area contributed by atoms with Gasteiger partial charge >= 0.3 is 5.97 Å². The fourth-order valence-corrected chi connectivity index (χ4v) is 4.57. The van der Waals surface area contributed by atoms with Crippen molar-refractivity contribution in [3.63, 3.8) is 0 Å². The van der Waals surface area contributed by atoms with Gasteiger partial charge in [0.2, 0.25) is 0 Å². The number of carbonyl (C=O) groups is 1. The Morgan fingerprint density at radius 2 is 2.12 bits per heavy atom. The predicted octanol–water partition coefficient (Wildman–Crippen LogP) is 6.33. The van der Waals surface area contributed by atoms with Crippen molar-refractivity contribution in [1.29, 1.82) is 0 Å². The molecule has 0 radical (unpaired) electrons. The van der Waals surface area contributed by atoms with Crippen molar-refractivity contribution in [3.8, 4) is 0 Å². The van der Waals surface area contributed by atoms with Crippen molar-refractivity contribution in [2.24, 2.45) is 17.3 Å². The molecule has 1 saturated carbocycles. The van der Waals surface area contributed by atoms with Crippen LogP contribution in [0.25, 0.3) is 0 Å². The van der Waals surface area contributed by atoms with Gasteiger partial charge in [-0.2, -0.15) is 0 Å². The van der Waals surface area contributed by atoms with E-state index < -0.39 is 0 Å². The van der Waals surface area contributed by atoms with Gasteiger partial charge < -0.3 is 9.15 Å². The van der Waals surface area contributed by atoms with E-state index in [1.54, 1.807) is 11.8 Å². The molecule has 2 rings (SSSR count). The summed E-state index contributed by atoms with van der Waals surface area (Å²) < 4.78 is 10.6. The fourth-order valence-electron chi connectivity index (χ4n) is 4.57. The molecule has 1 aromatic heterocycles. The summed E-state index contributed by atoms with van der Waals surface area (Å²) in [4.78, 5) is 12.2. The average Bonchev–Trinajstić information content (AvgIpc) is 3.07. The van der Waals surface area contributed by atoms with Crippen LogP contribution in [-0.4, -0.2) is 12.1 Å². The van der Waals surface area contributed by atoms with Crippen LogP contribution in [0.2, 0.25) is 0 Å². The third-order valence-electron chi connectivity index (χ3n) is 6.37. The number of hydrogen-bond acceptors (Lipinski definition) is 3. The van der Waals surface area contributed by atoms with Gasteiger partial charge in [-0.1, -0.05) is 25.0 Å². The molecule has 26 heavy (non-hydrogen) atoms. The molecule has 1 fully saturated rings. The number of allylic oxidation sites excluding steroid dienone is 2. The van der Waals surface area contributed by atoms with Crippen LogP contribution in [0.1, 0.15) is 79.2 Å². The SMILES string of the molecule is CC(C)=C1CC[C@@H](C)[C@](C)(CCc2ccoc2)[C@@H]1CCC(=O)OC(C)C. The zero-order valence-corrected chi connectivity index (χ0v) is 17.4. The average molecular weight is 361 g/mol. The Labute approximate surface area is 159 Å². The fraction of sp³-hybridized carbons (Fsp3) is 0.696. The lowest BCUT2D eigenvalue weighted by molar-refractivity contribution is -0.148. The molecule has 0 amide bonds. The Balaban J connectivity index is 2.18. The highest BCUT2D eigenvalue weighted by Gasteiger charge is 2.43. The second-order valence-electron chi connectivity index (χ2n) is 8.73. The van der Waals surface area contributed by atoms with Crippen LogP contribution in [0.4, 0.5) is 0 Å². The highest BCUT2D eigenvalue weighted by molar-refractivity contribution is 5.69. The first-order valence-corrected chi connectivity index (χ1v) is 10.1. The lowest BCUT2D eigenvalue weighted by Gasteiger charge is -2.49. The van der Waals surface area contributed by atoms with Gasteiger partial charge in [-0.15, -0.1) is 0 Å². The van der Waals surface area contributed by atoms with Crippen LogP contribution in [0.15, 0.2) is 34.2 Å². The summed E-state index contributed by atoms with van der Waals surface area (Å²) >= 11 is 0. The van der Waals surface area contributed by atoms with Gasteiger partial charge in [-0.05, 0) is 88.7 Å². The lowest BCUT2D eigenvalue weighted by atomic mass is 9.56. The van der Waals surface area contributed by atoms with Gasteiger partial charge in [0.15, 0.2) is 0 Å². The standard InChI is InChI=1S/C23H36O3/c1-16(2)20-8-7-18(5)23(6,13-11-19-12-14-25-15-19)21(20)9-10-22(24)26-17(3)4/h12,14-15,17-18,21H,7-11,13H2,1-6H3/t18-,21-,23+/m1/s1. The van der Waals surface area contributed by atoms with Crippen LogP contribution >= 0.6 is 0 Å². The molecular formula is C23H36O3. The van der Waals surface area contributed by atoms with E-state index in [0.29, 0.717) is 18.3 Å². The van der Waals surface area contributed by atoms with Gasteiger partial charge in [0, 0.05) is 6.42 Å². The first-order chi connectivity index (χ1) is 12.2. The van der Waals surface area contributed by atoms with Crippen LogP contribution in [-0.2, 0) is 16.0 Å². The second kappa shape index (κ2) is 8.92. The molecule has 1 aromatic rings. The van der Waals surface area contributed by atoms with Gasteiger partial charge in [-0.3, -0.25) is 4.79 Å². The lowest BCUT2D eigenvalue weighted by Crippen LogP contribution is -2.40. The van der Waals surface area contributed by atoms with E-state index in [2.05, 4.69) is 33.8 Å². The van der Waals surface area contributed by atoms with Gasteiger partial charge in [0.25, 0.3) is 0 Å². The van der Waals surface area contributed by atoms with E-state index >= 15 is 0 Å². The molecule has 0 N–H and O–H groups in total. The van der Waals surface area contributed by atoms with Crippen molar-refractivity contribution in [3.05, 3.63) is 35.3 Å². The molecule has 0 aliphatic heterocycles. The molecule has 3 atom stereocenters. The van der Waals surface area contributed by atoms with Crippen LogP contribution < -0.4 is 0 Å². The summed E-state index contributed by atoms with van der Waals surface area (Å²) in [5, 5.41) is 0. The highest BCUT2D eigenvalue weighted by Crippen LogP contribution is 2.53. The maximum Gasteiger partial charge on any atom is 0.306 e. The van der Waals surface area contributed by atoms with Crippen LogP contribution in [0.3, 0.4) is 0 Å². The molecule has 146 valence electrons. The topological polar surface area (TPSA) is 39.4 Å². The summed E-state index contributed by atoms with van der Waals surface area (Å²) in [5.41, 5.74) is 4.45. The Bertz CT molecular complexity index is 607. The van der Waals surface area contributed by atoms with Crippen molar-refractivity contribution in [2.75, 3.05) is 0 Å². The zero-order chi connectivity index (χ0) is 19.3. The van der Waals surface area contributed by atoms with E-state index in [0.717, 1.165) is 25.7 Å². The molecule has 0 aromatic carbocycles. The third-order valence-corrected chi connectivity index (χ3v) is 6.37. The summed E-state index contributed by atoms with van der Waals surface area (Å²) in [6.45, 7) is 13.1. The van der Waals surface area contributed by atoms with Crippen LogP contribution in [0.5, 0.6) is 0 Å². The Morgan fingerprint density at radius 1 is 1.38 bits per heavy atom. The minimum atomic E-state index is -0.0662. The summed E-state index contributed by atoms with van der Waals surface area (Å²) in [6.07, 6.45) is 9.50. The van der Waals surface area contributed by atoms with Crippen molar-refractivity contribution < 1.29 is 13.9 Å². The minimum Gasteiger partial charge on any atom is -0.472 e. The predicted molar refractivity (Wildman–Crippen MR) is 106 cm³/mol. The number of furan rings is 1. The monoisotopic (exact) mass is 360 g/mol. The maximum atomic E-state index is 12.2. The molecule has 1 aliphatic carbocycles. The molecule has 1 heterocycles. The Morgan fingerprint density at radius 3 is 2.69 bits per heavy atom. The number of carbonyl (C=O) groups excluding carboxylic acids is 1. The number of esters is 1. The van der Waals surface area contributed by atoms with E-state index in [-0.39, 0.29) is 17.5 Å². The van der Waals surface area contributed by atoms with Crippen molar-refractivity contribution in [1.82, 2.24) is 0 Å². The maximum absolute atomic E-state index is 12.2. The number of hydrogen-bond donors (Lipinski definition) is 0. The quantitative estimate of drug-likeness (QED) is 0.421. The molecular weight excluding hydrogens is 324 g/mol. The van der Waals surface area contributed by atoms with Gasteiger partial charge in [-0.25, -0.2) is 0 Å². The highest BCUT2D eigenvalue weighted by atomic mass is 16.5. The Kier molecular flexibility index (Phi) is 7.14. The molecule has 1 aliphatic rings. The van der Waals surface area contributed by atoms with Gasteiger partial charge in [0.05, 0.1) is 18.6 Å². The molecule has 3 nitrogen and oxygen atoms in total. The first-order valence-electron chi connectivity index (χ1n) is 10.1. The number of rotatable bonds is 7. The van der Waals surface area contributed by atoms with Crippen LogP contribution in [0, 0.1) is 17.3 Å². The second-order valence-corrected chi connectivity index (χ2v) is 8.73. The third kappa shape index (κ3) is 5.02. The van der Waals surface area contributed by atoms with Crippen molar-refractivity contribution >= 4 is 5.97 Å². The normalized spacial score (nSPS) is 26.2. The number of ether oxygens (including phenoxy) is 1. The smallest absolute Gasteiger partial charge is 0.306 e. The molecule has 0 saturated heterocycles. The van der Waals surface area contributed by atoms with E-state index in [1.807, 2.05) is 20.1 Å². The minimum absolute atomic E-state index is 0.0387. The van der Waals surface area contributed by atoms with E-state index in [9.17, 15) is 4.79 Å². The van der Waals surface area contributed by atoms with E-state index in [1.165, 1.54) is 17.6 Å². The van der Waals surface area contributed by atoms with Gasteiger partial charge in [0.1, 0.15) is 0 Å². The van der Waals surface area contributed by atoms with Crippen molar-refractivity contribution in [2.45, 2.75) is 86.2 Å². The Hall–Kier alpha value is -1.51.